The Morgan fingerprint density at radius 2 is 0.889 bits per heavy atom. The standard InChI is InChI=1S/HIO3.IO3.Na/c2*2-1(3)4;/h2H;;/q;-1;+1. The van der Waals surface area contributed by atoms with E-state index in [9.17, 15) is 0 Å². The first-order valence-electron chi connectivity index (χ1n) is 0.941. The van der Waals surface area contributed by atoms with Crippen LogP contribution in [-0.4, -0.2) is 3.44 Å². The van der Waals surface area contributed by atoms with Crippen molar-refractivity contribution in [2.75, 3.05) is 0 Å². The van der Waals surface area contributed by atoms with Crippen molar-refractivity contribution in [2.45, 2.75) is 0 Å². The van der Waals surface area contributed by atoms with Gasteiger partial charge in [-0.2, -0.15) is 0 Å². The van der Waals surface area contributed by atoms with Crippen LogP contribution in [0.5, 0.6) is 0 Å². The molecule has 0 spiro atoms. The quantitative estimate of drug-likeness (QED) is 0.331. The Balaban J connectivity index is -0.0000000720. The maximum Gasteiger partial charge on any atom is 1.00 e. The fourth-order valence-corrected chi connectivity index (χ4v) is 0. The second-order valence-electron chi connectivity index (χ2n) is 0.390. The van der Waals surface area contributed by atoms with E-state index in [2.05, 4.69) is 0 Å². The summed E-state index contributed by atoms with van der Waals surface area (Å²) in [5.74, 6) is 0. The fraction of sp³-hybridized carbons (Fsp3) is 0. The minimum atomic E-state index is -4.01. The van der Waals surface area contributed by atoms with Gasteiger partial charge in [0.25, 0.3) is 21.1 Å². The average molecular weight is 374 g/mol. The smallest absolute Gasteiger partial charge is 0.427 e. The number of rotatable bonds is 0. The maximum absolute atomic E-state index is 8.68. The van der Waals surface area contributed by atoms with E-state index in [1.165, 1.54) is 0 Å². The SMILES string of the molecule is [Na+].[O-][I+2]([O-])O.[O-][I+2]([O-])[O-]. The van der Waals surface area contributed by atoms with E-state index in [4.69, 9.17) is 20.6 Å². The van der Waals surface area contributed by atoms with Crippen molar-refractivity contribution in [3.8, 4) is 0 Å². The molecule has 9 heteroatoms. The van der Waals surface area contributed by atoms with E-state index in [-0.39, 0.29) is 29.6 Å². The Kier molecular flexibility index (Phi) is 24.8. The first kappa shape index (κ1) is 17.3. The van der Waals surface area contributed by atoms with Crippen molar-refractivity contribution < 1.29 is 92.3 Å². The van der Waals surface area contributed by atoms with Crippen LogP contribution in [0.3, 0.4) is 0 Å². The first-order chi connectivity index (χ1) is 3.46. The maximum atomic E-state index is 8.68. The van der Waals surface area contributed by atoms with Crippen LogP contribution in [0.4, 0.5) is 0 Å². The van der Waals surface area contributed by atoms with Crippen LogP contribution in [0.2, 0.25) is 0 Å². The zero-order valence-corrected chi connectivity index (χ0v) is 10.6. The molecule has 0 atom stereocenters. The minimum Gasteiger partial charge on any atom is -0.427 e. The topological polar surface area (TPSA) is 136 Å². The minimum absolute atomic E-state index is 0. The molecule has 0 aliphatic heterocycles. The Labute approximate surface area is 90.9 Å². The second kappa shape index (κ2) is 12.9. The largest absolute Gasteiger partial charge is 1.00 e. The van der Waals surface area contributed by atoms with Crippen LogP contribution < -0.4 is 88.9 Å². The van der Waals surface area contributed by atoms with Crippen molar-refractivity contribution in [2.24, 2.45) is 0 Å². The van der Waals surface area contributed by atoms with Crippen LogP contribution in [0, 0.1) is 0 Å². The zero-order chi connectivity index (χ0) is 7.15. The second-order valence-corrected chi connectivity index (χ2v) is 2.62. The molecule has 0 aliphatic carbocycles. The van der Waals surface area contributed by atoms with Crippen molar-refractivity contribution in [3.05, 3.63) is 0 Å². The summed E-state index contributed by atoms with van der Waals surface area (Å²) < 4.78 is 50.2. The molecule has 0 heterocycles. The van der Waals surface area contributed by atoms with Gasteiger partial charge in [-0.05, 0) is 3.44 Å². The summed E-state index contributed by atoms with van der Waals surface area (Å²) in [6.07, 6.45) is 0. The van der Waals surface area contributed by atoms with Gasteiger partial charge in [0.05, 0.1) is 0 Å². The molecule has 0 saturated carbocycles. The molecule has 1 N–H and O–H groups in total. The molecule has 0 radical (unpaired) electrons. The Morgan fingerprint density at radius 3 is 0.889 bits per heavy atom. The first-order valence-corrected chi connectivity index (χ1v) is 6.31. The molecule has 0 rings (SSSR count). The molecule has 0 fully saturated rings. The average Bonchev–Trinajstić information content (AvgIpc) is 1.25. The van der Waals surface area contributed by atoms with Gasteiger partial charge in [-0.3, -0.25) is 0 Å². The van der Waals surface area contributed by atoms with Crippen molar-refractivity contribution in [1.82, 2.24) is 0 Å². The molecule has 0 unspecified atom stereocenters. The molecule has 52 valence electrons. The monoisotopic (exact) mass is 374 g/mol. The van der Waals surface area contributed by atoms with Gasteiger partial charge in [0.1, 0.15) is 0 Å². The molecule has 0 bridgehead atoms. The zero-order valence-electron chi connectivity index (χ0n) is 4.24. The van der Waals surface area contributed by atoms with E-state index in [1.54, 1.807) is 0 Å². The molecular weight excluding hydrogens is 373 g/mol. The van der Waals surface area contributed by atoms with Crippen LogP contribution in [0.15, 0.2) is 0 Å². The summed E-state index contributed by atoms with van der Waals surface area (Å²) in [5.41, 5.74) is 0. The summed E-state index contributed by atoms with van der Waals surface area (Å²) in [4.78, 5) is 0. The van der Waals surface area contributed by atoms with Crippen LogP contribution >= 0.6 is 0 Å². The number of hydrogen-bond donors (Lipinski definition) is 1. The molecule has 0 amide bonds. The summed E-state index contributed by atoms with van der Waals surface area (Å²) in [6, 6.07) is 0. The number of halogens is 2. The van der Waals surface area contributed by atoms with Crippen molar-refractivity contribution in [1.29, 1.82) is 0 Å². The van der Waals surface area contributed by atoms with E-state index < -0.39 is 42.1 Å². The molecule has 6 nitrogen and oxygen atoms in total. The van der Waals surface area contributed by atoms with Gasteiger partial charge >= 0.3 is 50.6 Å². The van der Waals surface area contributed by atoms with E-state index >= 15 is 0 Å². The van der Waals surface area contributed by atoms with Crippen molar-refractivity contribution >= 4 is 0 Å². The number of hydrogen-bond acceptors (Lipinski definition) is 6. The normalized spacial score (nSPS) is 8.00. The fourth-order valence-electron chi connectivity index (χ4n) is 0. The molecule has 9 heavy (non-hydrogen) atoms. The third kappa shape index (κ3) is 140. The van der Waals surface area contributed by atoms with Gasteiger partial charge in [-0.25, -0.2) is 0 Å². The van der Waals surface area contributed by atoms with Gasteiger partial charge in [-0.1, -0.05) is 0 Å². The van der Waals surface area contributed by atoms with Gasteiger partial charge in [0, 0.05) is 0 Å². The van der Waals surface area contributed by atoms with Gasteiger partial charge in [0.15, 0.2) is 0 Å². The predicted molar refractivity (Wildman–Crippen MR) is 2.22 cm³/mol. The van der Waals surface area contributed by atoms with Gasteiger partial charge in [-0.15, -0.1) is 0 Å². The molecule has 0 aromatic rings. The summed E-state index contributed by atoms with van der Waals surface area (Å²) >= 11 is -7.78. The summed E-state index contributed by atoms with van der Waals surface area (Å²) in [7, 11) is 0. The van der Waals surface area contributed by atoms with Crippen LogP contribution in [0.1, 0.15) is 0 Å². The molecule has 0 aromatic heterocycles. The van der Waals surface area contributed by atoms with Crippen molar-refractivity contribution in [3.63, 3.8) is 0 Å². The Hall–Kier alpha value is 2.22. The van der Waals surface area contributed by atoms with Crippen LogP contribution in [0.25, 0.3) is 0 Å². The van der Waals surface area contributed by atoms with Gasteiger partial charge in [0.2, 0.25) is 0 Å². The van der Waals surface area contributed by atoms with E-state index in [0.29, 0.717) is 0 Å². The summed E-state index contributed by atoms with van der Waals surface area (Å²) in [6.45, 7) is 0. The molecule has 0 saturated heterocycles. The summed E-state index contributed by atoms with van der Waals surface area (Å²) in [5, 5.41) is 0. The molecular formula is HI2NaO6. The Morgan fingerprint density at radius 1 is 0.889 bits per heavy atom. The predicted octanol–water partition coefficient (Wildman–Crippen LogP) is -15.5. The third-order valence-corrected chi connectivity index (χ3v) is 0. The molecule has 0 aliphatic rings. The van der Waals surface area contributed by atoms with E-state index in [1.807, 2.05) is 0 Å². The third-order valence-electron chi connectivity index (χ3n) is 0. The van der Waals surface area contributed by atoms with Crippen LogP contribution in [-0.2, 0) is 0 Å². The Bertz CT molecular complexity index is 26.5. The van der Waals surface area contributed by atoms with Gasteiger partial charge < -0.3 is 17.2 Å². The molecule has 0 aromatic carbocycles. The van der Waals surface area contributed by atoms with E-state index in [0.717, 1.165) is 0 Å².